The lowest BCUT2D eigenvalue weighted by Crippen LogP contribution is -2.65. The molecule has 10 rings (SSSR count). The fourth-order valence-electron chi connectivity index (χ4n) is 10.9. The number of aryl methyl sites for hydroxylation is 1. The molecule has 13 heteroatoms. The van der Waals surface area contributed by atoms with Crippen LogP contribution in [0.5, 0.6) is 5.75 Å². The van der Waals surface area contributed by atoms with Crippen molar-refractivity contribution in [3.05, 3.63) is 148 Å². The van der Waals surface area contributed by atoms with E-state index < -0.39 is 17.1 Å². The van der Waals surface area contributed by atoms with Gasteiger partial charge in [-0.2, -0.15) is 0 Å². The Labute approximate surface area is 388 Å². The first kappa shape index (κ1) is 45.1. The highest BCUT2D eigenvalue weighted by atomic mass is 32.2. The zero-order chi connectivity index (χ0) is 45.7. The predicted molar refractivity (Wildman–Crippen MR) is 255 cm³/mol. The fraction of sp³-hybridized carbons (Fsp3) is 0.442. The van der Waals surface area contributed by atoms with Crippen LogP contribution in [0, 0.1) is 24.2 Å². The second-order valence-corrected chi connectivity index (χ2v) is 20.9. The first-order valence-corrected chi connectivity index (χ1v) is 23.9. The number of carbonyl (C=O) groups excluding carboxylic acids is 2. The van der Waals surface area contributed by atoms with E-state index in [2.05, 4.69) is 73.0 Å². The van der Waals surface area contributed by atoms with Crippen LogP contribution >= 0.6 is 11.8 Å². The summed E-state index contributed by atoms with van der Waals surface area (Å²) in [5, 5.41) is 13.6. The number of likely N-dealkylation sites (tertiary alicyclic amines) is 1. The van der Waals surface area contributed by atoms with E-state index in [0.717, 1.165) is 34.2 Å². The maximum absolute atomic E-state index is 14.2. The van der Waals surface area contributed by atoms with Gasteiger partial charge in [-0.3, -0.25) is 10.1 Å². The number of rotatable bonds is 14. The van der Waals surface area contributed by atoms with Crippen LogP contribution in [0.3, 0.4) is 0 Å². The molecule has 5 atom stereocenters. The first-order valence-electron chi connectivity index (χ1n) is 22.9. The molecule has 340 valence electrons. The van der Waals surface area contributed by atoms with Gasteiger partial charge in [0.2, 0.25) is 0 Å². The SMILES string of the molecule is CO/N=C(/C(=O)N1CC(Oc2ccc(CCB3O[C@@H]4C[C@@H]5C[C@@H](C5(C)C)[C@]4(C)O3)c(C)c2C(=O)OC(C)(C)C)C1)C1=CSC(NC(c2ccccc2)(c2ccccc2)c2ccccc2)N1. The van der Waals surface area contributed by atoms with Gasteiger partial charge >= 0.3 is 13.1 Å². The van der Waals surface area contributed by atoms with Crippen LogP contribution in [0.4, 0.5) is 0 Å². The minimum atomic E-state index is -0.731. The number of amides is 1. The molecule has 65 heavy (non-hydrogen) atoms. The number of thioether (sulfide) groups is 1. The zero-order valence-electron chi connectivity index (χ0n) is 38.8. The lowest BCUT2D eigenvalue weighted by Gasteiger charge is -2.64. The summed E-state index contributed by atoms with van der Waals surface area (Å²) < 4.78 is 25.7. The van der Waals surface area contributed by atoms with E-state index in [1.54, 1.807) is 4.90 Å². The Kier molecular flexibility index (Phi) is 12.2. The van der Waals surface area contributed by atoms with Crippen LogP contribution in [-0.2, 0) is 35.6 Å². The third-order valence-electron chi connectivity index (χ3n) is 14.4. The van der Waals surface area contributed by atoms with Crippen molar-refractivity contribution in [3.63, 3.8) is 0 Å². The van der Waals surface area contributed by atoms with Crippen LogP contribution in [0.25, 0.3) is 0 Å². The number of hydrogen-bond donors (Lipinski definition) is 2. The summed E-state index contributed by atoms with van der Waals surface area (Å²) in [5.74, 6) is 0.870. The molecular formula is C52H61BN4O7S. The lowest BCUT2D eigenvalue weighted by molar-refractivity contribution is -0.199. The van der Waals surface area contributed by atoms with Crippen molar-refractivity contribution in [2.24, 2.45) is 22.4 Å². The molecule has 11 nitrogen and oxygen atoms in total. The molecule has 5 fully saturated rings. The maximum Gasteiger partial charge on any atom is 0.457 e. The van der Waals surface area contributed by atoms with Crippen molar-refractivity contribution in [2.75, 3.05) is 20.2 Å². The van der Waals surface area contributed by atoms with Crippen LogP contribution in [-0.4, -0.2) is 78.7 Å². The van der Waals surface area contributed by atoms with Crippen LogP contribution in [0.1, 0.15) is 92.6 Å². The fourth-order valence-corrected chi connectivity index (χ4v) is 11.8. The Bertz CT molecular complexity index is 2360. The van der Waals surface area contributed by atoms with Gasteiger partial charge in [-0.15, -0.1) is 0 Å². The standard InChI is InChI=1S/C52H61BN4O7S/c1-33-34(26-27-53-63-43-29-38-28-42(50(38,5)6)51(43,7)64-53)24-25-41(44(33)47(59)62-49(2,3)4)61-39-30-57(31-39)46(58)45(56-60-8)40-32-65-48(54-40)55-52(35-18-12-9-13-19-35,36-20-14-10-15-21-36)37-22-16-11-17-23-37/h9-25,32,38-39,42-43,48,54-55H,26-31H2,1-8H3/b56-45+/t38-,42-,43+,48?,51-/m0/s1. The summed E-state index contributed by atoms with van der Waals surface area (Å²) >= 11 is 1.53. The topological polar surface area (TPSA) is 120 Å². The smallest absolute Gasteiger partial charge is 0.457 e. The summed E-state index contributed by atoms with van der Waals surface area (Å²) in [6.45, 7) is 15.1. The Morgan fingerprint density at radius 3 is 2.09 bits per heavy atom. The molecule has 3 aliphatic heterocycles. The summed E-state index contributed by atoms with van der Waals surface area (Å²) in [6, 6.07) is 35.0. The van der Waals surface area contributed by atoms with Crippen LogP contribution in [0.15, 0.2) is 119 Å². The van der Waals surface area contributed by atoms with E-state index in [9.17, 15) is 9.59 Å². The van der Waals surface area contributed by atoms with Gasteiger partial charge in [-0.05, 0) is 111 Å². The second kappa shape index (κ2) is 17.6. The average molecular weight is 897 g/mol. The molecule has 2 bridgehead atoms. The van der Waals surface area contributed by atoms with E-state index in [0.29, 0.717) is 54.7 Å². The normalized spacial score (nSPS) is 24.9. The van der Waals surface area contributed by atoms with E-state index in [1.165, 1.54) is 25.3 Å². The first-order chi connectivity index (χ1) is 31.1. The third kappa shape index (κ3) is 8.49. The minimum Gasteiger partial charge on any atom is -0.486 e. The molecule has 3 aliphatic carbocycles. The van der Waals surface area contributed by atoms with Crippen molar-refractivity contribution < 1.29 is 33.2 Å². The van der Waals surface area contributed by atoms with E-state index in [1.807, 2.05) is 99.8 Å². The largest absolute Gasteiger partial charge is 0.486 e. The number of esters is 1. The Morgan fingerprint density at radius 1 is 0.908 bits per heavy atom. The molecule has 0 aromatic heterocycles. The van der Waals surface area contributed by atoms with E-state index >= 15 is 0 Å². The third-order valence-corrected chi connectivity index (χ3v) is 15.3. The van der Waals surface area contributed by atoms with Gasteiger partial charge in [-0.1, -0.05) is 128 Å². The number of oxime groups is 1. The molecule has 0 spiro atoms. The highest BCUT2D eigenvalue weighted by molar-refractivity contribution is 8.02. The van der Waals surface area contributed by atoms with E-state index in [-0.39, 0.29) is 47.5 Å². The zero-order valence-corrected chi connectivity index (χ0v) is 39.6. The second-order valence-electron chi connectivity index (χ2n) is 19.9. The summed E-state index contributed by atoms with van der Waals surface area (Å²) in [7, 11) is 1.14. The molecular weight excluding hydrogens is 835 g/mol. The number of nitrogens with zero attached hydrogens (tertiary/aromatic N) is 2. The van der Waals surface area contributed by atoms with Crippen molar-refractivity contribution in [2.45, 2.75) is 108 Å². The monoisotopic (exact) mass is 896 g/mol. The molecule has 0 radical (unpaired) electrons. The molecule has 2 N–H and O–H groups in total. The van der Waals surface area contributed by atoms with Crippen molar-refractivity contribution in [1.82, 2.24) is 15.5 Å². The molecule has 4 aromatic rings. The molecule has 1 unspecified atom stereocenters. The van der Waals surface area contributed by atoms with Gasteiger partial charge in [0.25, 0.3) is 5.91 Å². The predicted octanol–water partition coefficient (Wildman–Crippen LogP) is 8.86. The lowest BCUT2D eigenvalue weighted by atomic mass is 9.43. The average Bonchev–Trinajstić information content (AvgIpc) is 3.88. The summed E-state index contributed by atoms with van der Waals surface area (Å²) in [5.41, 5.74) is 4.36. The summed E-state index contributed by atoms with van der Waals surface area (Å²) in [4.78, 5) is 35.0. The molecule has 1 amide bonds. The molecule has 4 aromatic carbocycles. The minimum absolute atomic E-state index is 0.119. The number of benzene rings is 4. The van der Waals surface area contributed by atoms with Gasteiger partial charge in [0.15, 0.2) is 5.71 Å². The Hall–Kier alpha value is -5.08. The van der Waals surface area contributed by atoms with Gasteiger partial charge < -0.3 is 33.8 Å². The van der Waals surface area contributed by atoms with Crippen molar-refractivity contribution in [1.29, 1.82) is 0 Å². The molecule has 2 saturated heterocycles. The Balaban J connectivity index is 0.871. The van der Waals surface area contributed by atoms with Gasteiger partial charge in [-0.25, -0.2) is 4.79 Å². The molecule has 6 aliphatic rings. The Morgan fingerprint density at radius 2 is 1.52 bits per heavy atom. The van der Waals surface area contributed by atoms with Crippen molar-refractivity contribution >= 4 is 36.5 Å². The number of hydrogen-bond acceptors (Lipinski definition) is 11. The quantitative estimate of drug-likeness (QED) is 0.0418. The van der Waals surface area contributed by atoms with Crippen LogP contribution in [0.2, 0.25) is 6.32 Å². The maximum atomic E-state index is 14.2. The highest BCUT2D eigenvalue weighted by Gasteiger charge is 2.67. The molecule has 3 saturated carbocycles. The number of carbonyl (C=O) groups is 2. The van der Waals surface area contributed by atoms with E-state index in [4.69, 9.17) is 23.6 Å². The van der Waals surface area contributed by atoms with Crippen LogP contribution < -0.4 is 15.4 Å². The summed E-state index contributed by atoms with van der Waals surface area (Å²) in [6.07, 6.45) is 3.36. The van der Waals surface area contributed by atoms with Gasteiger partial charge in [0.05, 0.1) is 36.0 Å². The number of nitrogens with one attached hydrogen (secondary N) is 2. The molecule has 3 heterocycles. The number of ether oxygens (including phenoxy) is 2. The van der Waals surface area contributed by atoms with Gasteiger partial charge in [0, 0.05) is 5.41 Å². The highest BCUT2D eigenvalue weighted by Crippen LogP contribution is 2.65. The van der Waals surface area contributed by atoms with Crippen molar-refractivity contribution in [3.8, 4) is 5.75 Å². The van der Waals surface area contributed by atoms with Gasteiger partial charge in [0.1, 0.15) is 35.6 Å².